The first kappa shape index (κ1) is 15.9. The predicted molar refractivity (Wildman–Crippen MR) is 87.1 cm³/mol. The number of benzene rings is 1. The zero-order chi connectivity index (χ0) is 16.9. The van der Waals surface area contributed by atoms with Crippen molar-refractivity contribution in [3.63, 3.8) is 0 Å². The van der Waals surface area contributed by atoms with Gasteiger partial charge in [0, 0.05) is 30.2 Å². The molecule has 2 amide bonds. The van der Waals surface area contributed by atoms with E-state index in [-0.39, 0.29) is 24.2 Å². The summed E-state index contributed by atoms with van der Waals surface area (Å²) in [5, 5.41) is 0. The van der Waals surface area contributed by atoms with Crippen LogP contribution in [-0.2, 0) is 9.59 Å². The van der Waals surface area contributed by atoms with E-state index in [0.29, 0.717) is 36.1 Å². The summed E-state index contributed by atoms with van der Waals surface area (Å²) < 4.78 is 13.7. The van der Waals surface area contributed by atoms with Crippen molar-refractivity contribution in [2.75, 3.05) is 6.54 Å². The van der Waals surface area contributed by atoms with Crippen molar-refractivity contribution in [3.05, 3.63) is 54.0 Å². The van der Waals surface area contributed by atoms with Gasteiger partial charge in [0.1, 0.15) is 5.82 Å². The molecule has 4 nitrogen and oxygen atoms in total. The van der Waals surface area contributed by atoms with Gasteiger partial charge < -0.3 is 0 Å². The Morgan fingerprint density at radius 3 is 2.50 bits per heavy atom. The molecule has 1 fully saturated rings. The third-order valence-electron chi connectivity index (χ3n) is 3.77. The van der Waals surface area contributed by atoms with Crippen molar-refractivity contribution in [3.8, 4) is 23.1 Å². The summed E-state index contributed by atoms with van der Waals surface area (Å²) in [4.78, 5) is 28.7. The van der Waals surface area contributed by atoms with Crippen LogP contribution in [0.3, 0.4) is 0 Å². The maximum Gasteiger partial charge on any atom is 0.230 e. The van der Waals surface area contributed by atoms with E-state index in [1.54, 1.807) is 36.5 Å². The first-order valence-corrected chi connectivity index (χ1v) is 7.68. The normalized spacial score (nSPS) is 14.3. The molecule has 0 radical (unpaired) electrons. The first-order valence-electron chi connectivity index (χ1n) is 7.68. The summed E-state index contributed by atoms with van der Waals surface area (Å²) in [6.45, 7) is 0.0900. The minimum atomic E-state index is -0.328. The van der Waals surface area contributed by atoms with Gasteiger partial charge in [-0.3, -0.25) is 19.5 Å². The first-order chi connectivity index (χ1) is 11.6. The van der Waals surface area contributed by atoms with Crippen molar-refractivity contribution < 1.29 is 14.0 Å². The summed E-state index contributed by atoms with van der Waals surface area (Å²) in [6.07, 6.45) is 2.95. The summed E-state index contributed by atoms with van der Waals surface area (Å²) >= 11 is 0. The molecule has 0 aliphatic carbocycles. The molecule has 120 valence electrons. The molecule has 3 rings (SSSR count). The molecule has 0 unspecified atom stereocenters. The molecular weight excluding hydrogens is 307 g/mol. The zero-order valence-electron chi connectivity index (χ0n) is 13.0. The van der Waals surface area contributed by atoms with Crippen LogP contribution in [0.25, 0.3) is 11.3 Å². The van der Waals surface area contributed by atoms with Crippen molar-refractivity contribution in [2.45, 2.75) is 19.3 Å². The molecule has 0 bridgehead atoms. The second-order valence-electron chi connectivity index (χ2n) is 5.44. The fourth-order valence-corrected chi connectivity index (χ4v) is 2.49. The molecule has 0 saturated carbocycles. The highest BCUT2D eigenvalue weighted by Gasteiger charge is 2.24. The number of hydrogen-bond acceptors (Lipinski definition) is 3. The highest BCUT2D eigenvalue weighted by atomic mass is 19.1. The van der Waals surface area contributed by atoms with Crippen LogP contribution < -0.4 is 0 Å². The van der Waals surface area contributed by atoms with E-state index < -0.39 is 0 Å². The zero-order valence-corrected chi connectivity index (χ0v) is 13.0. The number of carbonyl (C=O) groups is 2. The highest BCUT2D eigenvalue weighted by Crippen LogP contribution is 2.20. The van der Waals surface area contributed by atoms with Crippen LogP contribution in [0.2, 0.25) is 0 Å². The van der Waals surface area contributed by atoms with Crippen molar-refractivity contribution in [1.82, 2.24) is 9.88 Å². The molecule has 0 N–H and O–H groups in total. The van der Waals surface area contributed by atoms with Gasteiger partial charge in [-0.1, -0.05) is 24.0 Å². The molecule has 2 aromatic rings. The Kier molecular flexibility index (Phi) is 4.66. The lowest BCUT2D eigenvalue weighted by Crippen LogP contribution is -2.40. The fourth-order valence-electron chi connectivity index (χ4n) is 2.49. The van der Waals surface area contributed by atoms with E-state index in [1.807, 2.05) is 0 Å². The number of piperidine rings is 1. The van der Waals surface area contributed by atoms with E-state index in [0.717, 1.165) is 0 Å². The number of aromatic nitrogens is 1. The number of nitrogens with zero attached hydrogens (tertiary/aromatic N) is 2. The molecule has 1 saturated heterocycles. The standard InChI is InChI=1S/C19H15FN2O2/c20-16-7-2-1-6-15(16)17-11-10-14(13-21-17)5-4-12-22-18(23)8-3-9-19(22)24/h1-2,6-7,10-11,13H,3,8-9,12H2. The molecule has 1 aliphatic heterocycles. The predicted octanol–water partition coefficient (Wildman–Crippen LogP) is 2.78. The van der Waals surface area contributed by atoms with Crippen LogP contribution in [0.5, 0.6) is 0 Å². The Balaban J connectivity index is 1.70. The minimum absolute atomic E-state index is 0.0900. The van der Waals surface area contributed by atoms with E-state index in [9.17, 15) is 14.0 Å². The average molecular weight is 322 g/mol. The van der Waals surface area contributed by atoms with Crippen molar-refractivity contribution in [2.24, 2.45) is 0 Å². The van der Waals surface area contributed by atoms with Gasteiger partial charge in [0.15, 0.2) is 0 Å². The van der Waals surface area contributed by atoms with Crippen LogP contribution in [0.15, 0.2) is 42.6 Å². The van der Waals surface area contributed by atoms with Crippen LogP contribution in [0.1, 0.15) is 24.8 Å². The van der Waals surface area contributed by atoms with E-state index in [4.69, 9.17) is 0 Å². The van der Waals surface area contributed by atoms with Gasteiger partial charge in [-0.2, -0.15) is 0 Å². The molecule has 2 heterocycles. The monoisotopic (exact) mass is 322 g/mol. The van der Waals surface area contributed by atoms with Gasteiger partial charge in [0.25, 0.3) is 0 Å². The van der Waals surface area contributed by atoms with Crippen LogP contribution in [0, 0.1) is 17.7 Å². The number of hydrogen-bond donors (Lipinski definition) is 0. The maximum atomic E-state index is 13.7. The Bertz CT molecular complexity index is 818. The Labute approximate surface area is 139 Å². The van der Waals surface area contributed by atoms with E-state index in [1.165, 1.54) is 11.0 Å². The lowest BCUT2D eigenvalue weighted by atomic mass is 10.1. The Morgan fingerprint density at radius 2 is 1.83 bits per heavy atom. The second kappa shape index (κ2) is 7.05. The largest absolute Gasteiger partial charge is 0.274 e. The maximum absolute atomic E-state index is 13.7. The molecule has 5 heteroatoms. The summed E-state index contributed by atoms with van der Waals surface area (Å²) in [7, 11) is 0. The third kappa shape index (κ3) is 3.49. The summed E-state index contributed by atoms with van der Waals surface area (Å²) in [5.41, 5.74) is 1.61. The quantitative estimate of drug-likeness (QED) is 0.631. The molecule has 24 heavy (non-hydrogen) atoms. The van der Waals surface area contributed by atoms with Gasteiger partial charge in [0.05, 0.1) is 12.2 Å². The minimum Gasteiger partial charge on any atom is -0.274 e. The molecule has 1 aromatic carbocycles. The van der Waals surface area contributed by atoms with E-state index >= 15 is 0 Å². The number of pyridine rings is 1. The molecule has 0 atom stereocenters. The summed E-state index contributed by atoms with van der Waals surface area (Å²) in [5.74, 6) is 5.02. The lowest BCUT2D eigenvalue weighted by Gasteiger charge is -2.22. The van der Waals surface area contributed by atoms with Crippen LogP contribution in [-0.4, -0.2) is 28.2 Å². The molecular formula is C19H15FN2O2. The Morgan fingerprint density at radius 1 is 1.08 bits per heavy atom. The SMILES string of the molecule is O=C1CCCC(=O)N1CC#Cc1ccc(-c2ccccc2F)nc1. The van der Waals surface area contributed by atoms with E-state index in [2.05, 4.69) is 16.8 Å². The number of imide groups is 1. The van der Waals surface area contributed by atoms with Crippen molar-refractivity contribution >= 4 is 11.8 Å². The Hall–Kier alpha value is -3.00. The average Bonchev–Trinajstić information content (AvgIpc) is 2.59. The molecule has 0 spiro atoms. The van der Waals surface area contributed by atoms with Gasteiger partial charge in [-0.05, 0) is 30.7 Å². The number of amides is 2. The number of rotatable bonds is 2. The highest BCUT2D eigenvalue weighted by molar-refractivity contribution is 5.97. The smallest absolute Gasteiger partial charge is 0.230 e. The molecule has 1 aliphatic rings. The topological polar surface area (TPSA) is 50.3 Å². The van der Waals surface area contributed by atoms with Gasteiger partial charge >= 0.3 is 0 Å². The third-order valence-corrected chi connectivity index (χ3v) is 3.77. The van der Waals surface area contributed by atoms with Gasteiger partial charge in [-0.15, -0.1) is 0 Å². The van der Waals surface area contributed by atoms with Crippen LogP contribution in [0.4, 0.5) is 4.39 Å². The van der Waals surface area contributed by atoms with Gasteiger partial charge in [0.2, 0.25) is 11.8 Å². The number of carbonyl (C=O) groups excluding carboxylic acids is 2. The number of likely N-dealkylation sites (tertiary alicyclic amines) is 1. The fraction of sp³-hybridized carbons (Fsp3) is 0.211. The van der Waals surface area contributed by atoms with Crippen molar-refractivity contribution in [1.29, 1.82) is 0 Å². The van der Waals surface area contributed by atoms with Gasteiger partial charge in [-0.25, -0.2) is 4.39 Å². The summed E-state index contributed by atoms with van der Waals surface area (Å²) in [6, 6.07) is 9.86. The molecule has 1 aromatic heterocycles. The second-order valence-corrected chi connectivity index (χ2v) is 5.44. The number of halogens is 1. The van der Waals surface area contributed by atoms with Crippen LogP contribution >= 0.6 is 0 Å². The lowest BCUT2D eigenvalue weighted by molar-refractivity contribution is -0.147.